The van der Waals surface area contributed by atoms with E-state index in [1.807, 2.05) is 0 Å². The third-order valence-electron chi connectivity index (χ3n) is 4.86. The lowest BCUT2D eigenvalue weighted by Gasteiger charge is -2.40. The summed E-state index contributed by atoms with van der Waals surface area (Å²) in [6.45, 7) is 6.00. The van der Waals surface area contributed by atoms with Crippen molar-refractivity contribution in [2.75, 3.05) is 13.1 Å². The average Bonchev–Trinajstić information content (AvgIpc) is 3.00. The van der Waals surface area contributed by atoms with E-state index < -0.39 is 0 Å². The molecule has 1 aliphatic carbocycles. The van der Waals surface area contributed by atoms with E-state index in [1.54, 1.807) is 0 Å². The first-order chi connectivity index (χ1) is 11.3. The van der Waals surface area contributed by atoms with Crippen molar-refractivity contribution >= 4 is 5.96 Å². The second kappa shape index (κ2) is 7.24. The lowest BCUT2D eigenvalue weighted by atomic mass is 9.86. The molecular weight excluding hydrogens is 286 g/mol. The Hall–Kier alpha value is -1.71. The summed E-state index contributed by atoms with van der Waals surface area (Å²) in [4.78, 5) is 4.67. The predicted molar refractivity (Wildman–Crippen MR) is 95.0 cm³/mol. The van der Waals surface area contributed by atoms with Crippen LogP contribution in [0.25, 0.3) is 0 Å². The van der Waals surface area contributed by atoms with Crippen molar-refractivity contribution in [1.82, 2.24) is 10.6 Å². The van der Waals surface area contributed by atoms with Crippen LogP contribution in [0.2, 0.25) is 0 Å². The number of ether oxygens (including phenoxy) is 1. The fourth-order valence-electron chi connectivity index (χ4n) is 3.78. The first-order valence-electron chi connectivity index (χ1n) is 9.09. The molecule has 1 saturated carbocycles. The summed E-state index contributed by atoms with van der Waals surface area (Å²) in [5.41, 5.74) is 1.28. The van der Waals surface area contributed by atoms with Gasteiger partial charge in [0.2, 0.25) is 0 Å². The normalized spacial score (nSPS) is 22.5. The van der Waals surface area contributed by atoms with Crippen LogP contribution in [0.15, 0.2) is 29.3 Å². The Kier molecular flexibility index (Phi) is 5.09. The zero-order chi connectivity index (χ0) is 16.1. The van der Waals surface area contributed by atoms with Crippen LogP contribution in [0.5, 0.6) is 5.75 Å². The maximum absolute atomic E-state index is 6.43. The monoisotopic (exact) mass is 315 g/mol. The molecule has 126 valence electrons. The summed E-state index contributed by atoms with van der Waals surface area (Å²) < 4.78 is 6.43. The van der Waals surface area contributed by atoms with E-state index in [2.05, 4.69) is 53.7 Å². The zero-order valence-corrected chi connectivity index (χ0v) is 14.4. The number of fused-ring (bicyclic) bond motifs is 1. The van der Waals surface area contributed by atoms with Gasteiger partial charge in [-0.15, -0.1) is 0 Å². The van der Waals surface area contributed by atoms with Gasteiger partial charge in [-0.25, -0.2) is 0 Å². The molecule has 1 unspecified atom stereocenters. The van der Waals surface area contributed by atoms with Crippen molar-refractivity contribution in [3.8, 4) is 5.75 Å². The van der Waals surface area contributed by atoms with Crippen LogP contribution in [-0.4, -0.2) is 24.7 Å². The highest BCUT2D eigenvalue weighted by Crippen LogP contribution is 2.46. The Balaban J connectivity index is 1.84. The van der Waals surface area contributed by atoms with Gasteiger partial charge < -0.3 is 15.4 Å². The van der Waals surface area contributed by atoms with Gasteiger partial charge in [-0.05, 0) is 45.1 Å². The van der Waals surface area contributed by atoms with Crippen molar-refractivity contribution in [2.24, 2.45) is 4.99 Å². The van der Waals surface area contributed by atoms with Crippen molar-refractivity contribution < 1.29 is 4.74 Å². The van der Waals surface area contributed by atoms with Crippen LogP contribution in [0.1, 0.15) is 64.0 Å². The van der Waals surface area contributed by atoms with Gasteiger partial charge in [-0.3, -0.25) is 4.99 Å². The maximum atomic E-state index is 6.43. The minimum absolute atomic E-state index is 0.0219. The smallest absolute Gasteiger partial charge is 0.191 e. The number of aliphatic imine (C=N–C) groups is 1. The Bertz CT molecular complexity index is 549. The molecule has 0 bridgehead atoms. The van der Waals surface area contributed by atoms with Crippen molar-refractivity contribution in [3.63, 3.8) is 0 Å². The van der Waals surface area contributed by atoms with E-state index in [-0.39, 0.29) is 11.6 Å². The van der Waals surface area contributed by atoms with Gasteiger partial charge in [0.05, 0.1) is 6.04 Å². The third-order valence-corrected chi connectivity index (χ3v) is 4.86. The highest BCUT2D eigenvalue weighted by atomic mass is 16.5. The molecule has 0 radical (unpaired) electrons. The highest BCUT2D eigenvalue weighted by Gasteiger charge is 2.43. The van der Waals surface area contributed by atoms with Crippen LogP contribution in [0.4, 0.5) is 0 Å². The number of nitrogens with one attached hydrogen (secondary N) is 2. The molecule has 3 rings (SSSR count). The molecule has 2 N–H and O–H groups in total. The predicted octanol–water partition coefficient (Wildman–Crippen LogP) is 3.79. The van der Waals surface area contributed by atoms with Crippen LogP contribution in [0.3, 0.4) is 0 Å². The average molecular weight is 315 g/mol. The Morgan fingerprint density at radius 1 is 1.26 bits per heavy atom. The molecule has 0 saturated heterocycles. The number of hydrogen-bond donors (Lipinski definition) is 2. The molecule has 23 heavy (non-hydrogen) atoms. The number of benzene rings is 1. The molecule has 0 amide bonds. The molecule has 1 aromatic rings. The molecule has 2 aliphatic rings. The van der Waals surface area contributed by atoms with E-state index in [4.69, 9.17) is 4.74 Å². The first-order valence-corrected chi connectivity index (χ1v) is 9.09. The molecule has 1 aromatic carbocycles. The van der Waals surface area contributed by atoms with Gasteiger partial charge in [-0.2, -0.15) is 0 Å². The lowest BCUT2D eigenvalue weighted by molar-refractivity contribution is 0.0396. The van der Waals surface area contributed by atoms with Gasteiger partial charge in [0.1, 0.15) is 11.4 Å². The lowest BCUT2D eigenvalue weighted by Crippen LogP contribution is -2.46. The topological polar surface area (TPSA) is 45.7 Å². The quantitative estimate of drug-likeness (QED) is 0.656. The van der Waals surface area contributed by atoms with Crippen LogP contribution < -0.4 is 15.4 Å². The Labute approximate surface area is 139 Å². The Morgan fingerprint density at radius 3 is 2.78 bits per heavy atom. The summed E-state index contributed by atoms with van der Waals surface area (Å²) >= 11 is 0. The van der Waals surface area contributed by atoms with Gasteiger partial charge in [0, 0.05) is 25.1 Å². The van der Waals surface area contributed by atoms with E-state index in [0.717, 1.165) is 37.6 Å². The van der Waals surface area contributed by atoms with Crippen LogP contribution >= 0.6 is 0 Å². The second-order valence-electron chi connectivity index (χ2n) is 6.69. The van der Waals surface area contributed by atoms with Gasteiger partial charge in [0.25, 0.3) is 0 Å². The molecule has 1 heterocycles. The molecule has 4 nitrogen and oxygen atoms in total. The van der Waals surface area contributed by atoms with Crippen LogP contribution in [0, 0.1) is 0 Å². The van der Waals surface area contributed by atoms with Gasteiger partial charge >= 0.3 is 0 Å². The van der Waals surface area contributed by atoms with Crippen molar-refractivity contribution in [2.45, 2.75) is 64.0 Å². The molecule has 1 aliphatic heterocycles. The number of para-hydroxylation sites is 1. The van der Waals surface area contributed by atoms with E-state index in [0.29, 0.717) is 0 Å². The minimum Gasteiger partial charge on any atom is -0.487 e. The SMILES string of the molecule is CCCN=C(NCC)NC1CC2(CCCC2)Oc2ccccc21. The molecule has 4 heteroatoms. The third kappa shape index (κ3) is 3.62. The van der Waals surface area contributed by atoms with Crippen molar-refractivity contribution in [3.05, 3.63) is 29.8 Å². The van der Waals surface area contributed by atoms with E-state index in [9.17, 15) is 0 Å². The van der Waals surface area contributed by atoms with Crippen molar-refractivity contribution in [1.29, 1.82) is 0 Å². The first kappa shape index (κ1) is 16.2. The summed E-state index contributed by atoms with van der Waals surface area (Å²) in [7, 11) is 0. The fraction of sp³-hybridized carbons (Fsp3) is 0.632. The van der Waals surface area contributed by atoms with Gasteiger partial charge in [-0.1, -0.05) is 25.1 Å². The highest BCUT2D eigenvalue weighted by molar-refractivity contribution is 5.80. The number of guanidine groups is 1. The summed E-state index contributed by atoms with van der Waals surface area (Å²) in [6, 6.07) is 8.73. The number of rotatable bonds is 4. The molecule has 0 aromatic heterocycles. The summed E-state index contributed by atoms with van der Waals surface area (Å²) in [5, 5.41) is 7.03. The van der Waals surface area contributed by atoms with Gasteiger partial charge in [0.15, 0.2) is 5.96 Å². The molecule has 1 fully saturated rings. The fourth-order valence-corrected chi connectivity index (χ4v) is 3.78. The standard InChI is InChI=1S/C19H29N3O/c1-3-13-21-18(20-4-2)22-16-14-19(11-7-8-12-19)23-17-10-6-5-9-15(16)17/h5-6,9-10,16H,3-4,7-8,11-14H2,1-2H3,(H2,20,21,22). The largest absolute Gasteiger partial charge is 0.487 e. The molecule has 1 spiro atoms. The van der Waals surface area contributed by atoms with Crippen LogP contribution in [-0.2, 0) is 0 Å². The van der Waals surface area contributed by atoms with E-state index >= 15 is 0 Å². The molecular formula is C19H29N3O. The zero-order valence-electron chi connectivity index (χ0n) is 14.4. The van der Waals surface area contributed by atoms with E-state index in [1.165, 1.54) is 31.2 Å². The molecule has 1 atom stereocenters. The summed E-state index contributed by atoms with van der Waals surface area (Å²) in [5.74, 6) is 1.97. The maximum Gasteiger partial charge on any atom is 0.191 e. The number of nitrogens with zero attached hydrogens (tertiary/aromatic N) is 1. The second-order valence-corrected chi connectivity index (χ2v) is 6.69. The number of hydrogen-bond acceptors (Lipinski definition) is 2. The summed E-state index contributed by atoms with van der Waals surface area (Å²) in [6.07, 6.45) is 6.98. The minimum atomic E-state index is 0.0219. The Morgan fingerprint density at radius 2 is 2.04 bits per heavy atom.